The molecule has 0 spiro atoms. The second-order valence-electron chi connectivity index (χ2n) is 5.21. The zero-order valence-corrected chi connectivity index (χ0v) is 15.2. The van der Waals surface area contributed by atoms with Crippen LogP contribution in [0.2, 0.25) is 0 Å². The molecule has 1 aliphatic rings. The quantitative estimate of drug-likeness (QED) is 0.774. The fourth-order valence-electron chi connectivity index (χ4n) is 2.26. The van der Waals surface area contributed by atoms with Crippen molar-refractivity contribution in [2.45, 2.75) is 6.54 Å². The summed E-state index contributed by atoms with van der Waals surface area (Å²) in [6.07, 6.45) is 3.11. The van der Waals surface area contributed by atoms with Gasteiger partial charge in [0.05, 0.1) is 32.4 Å². The molecule has 25 heavy (non-hydrogen) atoms. The monoisotopic (exact) mass is 408 g/mol. The van der Waals surface area contributed by atoms with Crippen LogP contribution in [-0.4, -0.2) is 59.3 Å². The molecule has 0 saturated carbocycles. The van der Waals surface area contributed by atoms with Gasteiger partial charge < -0.3 is 19.7 Å². The van der Waals surface area contributed by atoms with Crippen LogP contribution in [0.4, 0.5) is 5.95 Å². The predicted octanol–water partition coefficient (Wildman–Crippen LogP) is 0.804. The highest BCUT2D eigenvalue weighted by atomic mass is 79.9. The molecule has 9 nitrogen and oxygen atoms in total. The number of carbonyl (C=O) groups excluding carboxylic acids is 1. The van der Waals surface area contributed by atoms with Gasteiger partial charge in [0.1, 0.15) is 0 Å². The van der Waals surface area contributed by atoms with Crippen LogP contribution in [0.15, 0.2) is 22.9 Å². The van der Waals surface area contributed by atoms with Gasteiger partial charge in [0.15, 0.2) is 5.82 Å². The lowest BCUT2D eigenvalue weighted by Crippen LogP contribution is -2.37. The zero-order valence-electron chi connectivity index (χ0n) is 13.6. The summed E-state index contributed by atoms with van der Waals surface area (Å²) in [6, 6.07) is 1.90. The molecule has 1 saturated heterocycles. The van der Waals surface area contributed by atoms with Gasteiger partial charge in [0.2, 0.25) is 5.95 Å². The van der Waals surface area contributed by atoms with E-state index in [0.29, 0.717) is 43.6 Å². The van der Waals surface area contributed by atoms with Crippen molar-refractivity contribution in [3.63, 3.8) is 0 Å². The van der Waals surface area contributed by atoms with Crippen LogP contribution in [0, 0.1) is 0 Å². The minimum atomic E-state index is -0.263. The number of nitrogens with one attached hydrogen (secondary N) is 1. The molecule has 1 N–H and O–H groups in total. The van der Waals surface area contributed by atoms with Gasteiger partial charge in [0, 0.05) is 30.0 Å². The lowest BCUT2D eigenvalue weighted by molar-refractivity contribution is 0.0949. The van der Waals surface area contributed by atoms with E-state index in [1.165, 1.54) is 13.3 Å². The number of nitrogens with zero attached hydrogens (tertiary/aromatic N) is 5. The van der Waals surface area contributed by atoms with Crippen LogP contribution in [0.5, 0.6) is 6.01 Å². The summed E-state index contributed by atoms with van der Waals surface area (Å²) in [6.45, 7) is 2.79. The van der Waals surface area contributed by atoms with Gasteiger partial charge in [-0.3, -0.25) is 9.78 Å². The summed E-state index contributed by atoms with van der Waals surface area (Å²) >= 11 is 3.29. The van der Waals surface area contributed by atoms with E-state index >= 15 is 0 Å². The molecule has 1 fully saturated rings. The second kappa shape index (κ2) is 8.17. The highest BCUT2D eigenvalue weighted by molar-refractivity contribution is 9.10. The molecular formula is C15H17BrN6O3. The van der Waals surface area contributed by atoms with E-state index < -0.39 is 0 Å². The van der Waals surface area contributed by atoms with Crippen LogP contribution in [0.1, 0.15) is 16.2 Å². The fourth-order valence-corrected chi connectivity index (χ4v) is 2.62. The molecule has 0 radical (unpaired) electrons. The van der Waals surface area contributed by atoms with Gasteiger partial charge in [-0.1, -0.05) is 0 Å². The number of anilines is 1. The SMILES string of the molecule is COc1nc(CNC(=O)c2cncc(Br)c2)nc(N2CCOCC2)n1. The molecule has 1 amide bonds. The molecule has 132 valence electrons. The van der Waals surface area contributed by atoms with Gasteiger partial charge >= 0.3 is 6.01 Å². The summed E-state index contributed by atoms with van der Waals surface area (Å²) in [4.78, 5) is 31.1. The summed E-state index contributed by atoms with van der Waals surface area (Å²) in [5.41, 5.74) is 0.448. The third kappa shape index (κ3) is 4.60. The summed E-state index contributed by atoms with van der Waals surface area (Å²) < 4.78 is 11.2. The Kier molecular flexibility index (Phi) is 5.71. The molecule has 0 aliphatic carbocycles. The highest BCUT2D eigenvalue weighted by Crippen LogP contribution is 2.14. The molecule has 2 aromatic heterocycles. The van der Waals surface area contributed by atoms with E-state index in [2.05, 4.69) is 41.2 Å². The van der Waals surface area contributed by atoms with E-state index in [1.807, 2.05) is 4.90 Å². The Labute approximate surface area is 152 Å². The lowest BCUT2D eigenvalue weighted by atomic mass is 10.3. The van der Waals surface area contributed by atoms with E-state index in [0.717, 1.165) is 4.47 Å². The molecule has 0 unspecified atom stereocenters. The van der Waals surface area contributed by atoms with Crippen molar-refractivity contribution in [2.75, 3.05) is 38.3 Å². The third-order valence-corrected chi connectivity index (χ3v) is 3.93. The van der Waals surface area contributed by atoms with Gasteiger partial charge in [-0.2, -0.15) is 15.0 Å². The normalized spacial score (nSPS) is 14.2. The number of halogens is 1. The number of ether oxygens (including phenoxy) is 2. The van der Waals surface area contributed by atoms with Crippen LogP contribution in [-0.2, 0) is 11.3 Å². The van der Waals surface area contributed by atoms with E-state index in [9.17, 15) is 4.79 Å². The van der Waals surface area contributed by atoms with Crippen LogP contribution >= 0.6 is 15.9 Å². The van der Waals surface area contributed by atoms with Crippen molar-refractivity contribution >= 4 is 27.8 Å². The first-order chi connectivity index (χ1) is 12.2. The Balaban J connectivity index is 1.71. The van der Waals surface area contributed by atoms with E-state index in [4.69, 9.17) is 9.47 Å². The van der Waals surface area contributed by atoms with Gasteiger partial charge in [0.25, 0.3) is 5.91 Å². The molecule has 0 bridgehead atoms. The second-order valence-corrected chi connectivity index (χ2v) is 6.13. The van der Waals surface area contributed by atoms with Crippen LogP contribution in [0.25, 0.3) is 0 Å². The number of amides is 1. The molecule has 3 heterocycles. The smallest absolute Gasteiger partial charge is 0.321 e. The van der Waals surface area contributed by atoms with Crippen LogP contribution in [0.3, 0.4) is 0 Å². The van der Waals surface area contributed by atoms with E-state index in [1.54, 1.807) is 12.3 Å². The van der Waals surface area contributed by atoms with Gasteiger partial charge in [-0.25, -0.2) is 0 Å². The van der Waals surface area contributed by atoms with Crippen molar-refractivity contribution < 1.29 is 14.3 Å². The molecule has 2 aromatic rings. The maximum absolute atomic E-state index is 12.2. The van der Waals surface area contributed by atoms with Crippen molar-refractivity contribution in [1.29, 1.82) is 0 Å². The third-order valence-electron chi connectivity index (χ3n) is 3.50. The average Bonchev–Trinajstić information content (AvgIpc) is 2.66. The van der Waals surface area contributed by atoms with Gasteiger partial charge in [-0.05, 0) is 22.0 Å². The number of carbonyl (C=O) groups is 1. The zero-order chi connectivity index (χ0) is 17.6. The number of methoxy groups -OCH3 is 1. The molecule has 0 aromatic carbocycles. The molecular weight excluding hydrogens is 392 g/mol. The minimum Gasteiger partial charge on any atom is -0.467 e. The Bertz CT molecular complexity index is 754. The largest absolute Gasteiger partial charge is 0.467 e. The Morgan fingerprint density at radius 2 is 2.12 bits per heavy atom. The summed E-state index contributed by atoms with van der Waals surface area (Å²) in [7, 11) is 1.49. The van der Waals surface area contributed by atoms with Gasteiger partial charge in [-0.15, -0.1) is 0 Å². The van der Waals surface area contributed by atoms with Crippen LogP contribution < -0.4 is 15.0 Å². The lowest BCUT2D eigenvalue weighted by Gasteiger charge is -2.26. The average molecular weight is 409 g/mol. The maximum atomic E-state index is 12.2. The summed E-state index contributed by atoms with van der Waals surface area (Å²) in [5.74, 6) is 0.675. The molecule has 1 aliphatic heterocycles. The predicted molar refractivity (Wildman–Crippen MR) is 92.5 cm³/mol. The van der Waals surface area contributed by atoms with Crippen molar-refractivity contribution in [3.8, 4) is 6.01 Å². The summed E-state index contributed by atoms with van der Waals surface area (Å²) in [5, 5.41) is 2.77. The Hall–Kier alpha value is -2.33. The number of rotatable bonds is 5. The first-order valence-electron chi connectivity index (χ1n) is 7.66. The number of aromatic nitrogens is 4. The number of morpholine rings is 1. The fraction of sp³-hybridized carbons (Fsp3) is 0.400. The molecule has 0 atom stereocenters. The number of hydrogen-bond acceptors (Lipinski definition) is 8. The first-order valence-corrected chi connectivity index (χ1v) is 8.45. The van der Waals surface area contributed by atoms with Crippen molar-refractivity contribution in [2.24, 2.45) is 0 Å². The highest BCUT2D eigenvalue weighted by Gasteiger charge is 2.17. The number of pyridine rings is 1. The topological polar surface area (TPSA) is 102 Å². The van der Waals surface area contributed by atoms with E-state index in [-0.39, 0.29) is 18.5 Å². The van der Waals surface area contributed by atoms with Crippen molar-refractivity contribution in [3.05, 3.63) is 34.3 Å². The Morgan fingerprint density at radius 1 is 1.32 bits per heavy atom. The van der Waals surface area contributed by atoms with Crippen molar-refractivity contribution in [1.82, 2.24) is 25.3 Å². The number of hydrogen-bond donors (Lipinski definition) is 1. The molecule has 3 rings (SSSR count). The maximum Gasteiger partial charge on any atom is 0.321 e. The first kappa shape index (κ1) is 17.5. The molecule has 10 heteroatoms. The standard InChI is InChI=1S/C15H17BrN6O3/c1-24-15-20-12(19-14(21-15)22-2-4-25-5-3-22)9-18-13(23)10-6-11(16)8-17-7-10/h6-8H,2-5,9H2,1H3,(H,18,23). The minimum absolute atomic E-state index is 0.154. The Morgan fingerprint density at radius 3 is 2.84 bits per heavy atom.